The minimum atomic E-state index is 0.779. The first-order valence-corrected chi connectivity index (χ1v) is 5.95. The molecule has 0 saturated heterocycles. The first kappa shape index (κ1) is 11.8. The highest BCUT2D eigenvalue weighted by atomic mass is 15.2. The smallest absolute Gasteiger partial charge is 0.225 e. The molecule has 1 heterocycles. The van der Waals surface area contributed by atoms with Gasteiger partial charge in [-0.2, -0.15) is 0 Å². The first-order valence-electron chi connectivity index (χ1n) is 5.95. The molecule has 0 bridgehead atoms. The van der Waals surface area contributed by atoms with Crippen LogP contribution < -0.4 is 10.2 Å². The second-order valence-corrected chi connectivity index (χ2v) is 4.00. The van der Waals surface area contributed by atoms with E-state index in [-0.39, 0.29) is 0 Å². The molecular formula is C13H18N4. The van der Waals surface area contributed by atoms with Crippen LogP contribution in [0.3, 0.4) is 0 Å². The monoisotopic (exact) mass is 230 g/mol. The highest BCUT2D eigenvalue weighted by Crippen LogP contribution is 2.13. The Labute approximate surface area is 102 Å². The number of aromatic nitrogens is 2. The van der Waals surface area contributed by atoms with E-state index in [2.05, 4.69) is 27.1 Å². The Morgan fingerprint density at radius 3 is 2.94 bits per heavy atom. The molecule has 0 spiro atoms. The molecule has 0 fully saturated rings. The van der Waals surface area contributed by atoms with Gasteiger partial charge in [0.05, 0.1) is 5.52 Å². The summed E-state index contributed by atoms with van der Waals surface area (Å²) in [5, 5.41) is 4.37. The van der Waals surface area contributed by atoms with Gasteiger partial charge in [-0.25, -0.2) is 9.97 Å². The second-order valence-electron chi connectivity index (χ2n) is 4.00. The van der Waals surface area contributed by atoms with Gasteiger partial charge in [0.1, 0.15) is 0 Å². The van der Waals surface area contributed by atoms with Crippen LogP contribution in [0.2, 0.25) is 0 Å². The molecule has 17 heavy (non-hydrogen) atoms. The molecule has 0 amide bonds. The van der Waals surface area contributed by atoms with Gasteiger partial charge >= 0.3 is 0 Å². The van der Waals surface area contributed by atoms with E-state index in [0.29, 0.717) is 0 Å². The van der Waals surface area contributed by atoms with Crippen molar-refractivity contribution < 1.29 is 0 Å². The predicted octanol–water partition coefficient (Wildman–Crippen LogP) is 1.68. The summed E-state index contributed by atoms with van der Waals surface area (Å²) in [6.45, 7) is 4.95. The Hall–Kier alpha value is -1.68. The van der Waals surface area contributed by atoms with Crippen molar-refractivity contribution in [3.8, 4) is 0 Å². The number of benzene rings is 1. The van der Waals surface area contributed by atoms with Gasteiger partial charge in [-0.3, -0.25) is 0 Å². The van der Waals surface area contributed by atoms with E-state index in [1.54, 1.807) is 0 Å². The Kier molecular flexibility index (Phi) is 3.88. The van der Waals surface area contributed by atoms with Gasteiger partial charge in [-0.1, -0.05) is 25.1 Å². The van der Waals surface area contributed by atoms with E-state index in [4.69, 9.17) is 0 Å². The largest absolute Gasteiger partial charge is 0.343 e. The van der Waals surface area contributed by atoms with E-state index < -0.39 is 0 Å². The zero-order valence-electron chi connectivity index (χ0n) is 10.3. The zero-order valence-corrected chi connectivity index (χ0v) is 10.3. The molecule has 0 radical (unpaired) electrons. The molecule has 2 rings (SSSR count). The fraction of sp³-hybridized carbons (Fsp3) is 0.385. The first-order chi connectivity index (χ1) is 8.31. The van der Waals surface area contributed by atoms with Crippen LogP contribution in [0.15, 0.2) is 30.5 Å². The van der Waals surface area contributed by atoms with E-state index >= 15 is 0 Å². The van der Waals surface area contributed by atoms with Crippen LogP contribution in [0.4, 0.5) is 5.95 Å². The van der Waals surface area contributed by atoms with Crippen LogP contribution in [-0.4, -0.2) is 36.6 Å². The van der Waals surface area contributed by atoms with Crippen LogP contribution in [0, 0.1) is 0 Å². The Morgan fingerprint density at radius 2 is 2.12 bits per heavy atom. The molecule has 1 aromatic heterocycles. The molecule has 2 aromatic rings. The summed E-state index contributed by atoms with van der Waals surface area (Å²) < 4.78 is 0. The van der Waals surface area contributed by atoms with Crippen molar-refractivity contribution in [3.05, 3.63) is 30.5 Å². The summed E-state index contributed by atoms with van der Waals surface area (Å²) >= 11 is 0. The minimum Gasteiger partial charge on any atom is -0.343 e. The molecule has 0 saturated carbocycles. The van der Waals surface area contributed by atoms with Crippen LogP contribution in [-0.2, 0) is 0 Å². The summed E-state index contributed by atoms with van der Waals surface area (Å²) in [7, 11) is 2.02. The zero-order chi connectivity index (χ0) is 12.1. The second kappa shape index (κ2) is 5.59. The fourth-order valence-corrected chi connectivity index (χ4v) is 1.67. The SMILES string of the molecule is CCNCCN(C)c1ncc2ccccc2n1. The summed E-state index contributed by atoms with van der Waals surface area (Å²) in [5.41, 5.74) is 0.993. The van der Waals surface area contributed by atoms with Gasteiger partial charge in [-0.15, -0.1) is 0 Å². The molecule has 0 aliphatic carbocycles. The van der Waals surface area contributed by atoms with Crippen molar-refractivity contribution in [2.45, 2.75) is 6.92 Å². The van der Waals surface area contributed by atoms with Crippen LogP contribution in [0.1, 0.15) is 6.92 Å². The number of rotatable bonds is 5. The van der Waals surface area contributed by atoms with Gasteiger partial charge in [0.25, 0.3) is 0 Å². The summed E-state index contributed by atoms with van der Waals surface area (Å²) in [4.78, 5) is 11.0. The topological polar surface area (TPSA) is 41.0 Å². The number of para-hydroxylation sites is 1. The standard InChI is InChI=1S/C13H18N4/c1-3-14-8-9-17(2)13-15-10-11-6-4-5-7-12(11)16-13/h4-7,10,14H,3,8-9H2,1-2H3. The molecule has 90 valence electrons. The van der Waals surface area contributed by atoms with Crippen molar-refractivity contribution >= 4 is 16.9 Å². The van der Waals surface area contributed by atoms with Crippen molar-refractivity contribution in [2.75, 3.05) is 31.6 Å². The number of nitrogens with one attached hydrogen (secondary N) is 1. The number of fused-ring (bicyclic) bond motifs is 1. The predicted molar refractivity (Wildman–Crippen MR) is 71.4 cm³/mol. The minimum absolute atomic E-state index is 0.779. The summed E-state index contributed by atoms with van der Waals surface area (Å²) in [5.74, 6) is 0.779. The van der Waals surface area contributed by atoms with Gasteiger partial charge in [0, 0.05) is 31.7 Å². The van der Waals surface area contributed by atoms with Crippen LogP contribution in [0.5, 0.6) is 0 Å². The number of anilines is 1. The molecule has 4 nitrogen and oxygen atoms in total. The highest BCUT2D eigenvalue weighted by molar-refractivity contribution is 5.78. The van der Waals surface area contributed by atoms with E-state index in [0.717, 1.165) is 36.5 Å². The summed E-state index contributed by atoms with van der Waals surface area (Å²) in [6.07, 6.45) is 1.88. The van der Waals surface area contributed by atoms with E-state index in [1.165, 1.54) is 0 Å². The lowest BCUT2D eigenvalue weighted by molar-refractivity contribution is 0.699. The number of likely N-dealkylation sites (N-methyl/N-ethyl adjacent to an activating group) is 2. The lowest BCUT2D eigenvalue weighted by Crippen LogP contribution is -2.30. The molecule has 0 aliphatic rings. The number of hydrogen-bond donors (Lipinski definition) is 1. The van der Waals surface area contributed by atoms with Gasteiger partial charge in [0.2, 0.25) is 5.95 Å². The molecule has 0 atom stereocenters. The maximum absolute atomic E-state index is 4.54. The highest BCUT2D eigenvalue weighted by Gasteiger charge is 2.04. The third kappa shape index (κ3) is 2.91. The average Bonchev–Trinajstić information content (AvgIpc) is 2.38. The van der Waals surface area contributed by atoms with E-state index in [9.17, 15) is 0 Å². The van der Waals surface area contributed by atoms with Crippen LogP contribution in [0.25, 0.3) is 10.9 Å². The third-order valence-corrected chi connectivity index (χ3v) is 2.69. The normalized spacial score (nSPS) is 10.7. The van der Waals surface area contributed by atoms with Gasteiger partial charge in [0.15, 0.2) is 0 Å². The maximum atomic E-state index is 4.54. The maximum Gasteiger partial charge on any atom is 0.225 e. The van der Waals surface area contributed by atoms with Crippen molar-refractivity contribution in [2.24, 2.45) is 0 Å². The molecule has 4 heteroatoms. The van der Waals surface area contributed by atoms with Crippen LogP contribution >= 0.6 is 0 Å². The molecule has 0 aliphatic heterocycles. The van der Waals surface area contributed by atoms with Crippen molar-refractivity contribution in [1.82, 2.24) is 15.3 Å². The van der Waals surface area contributed by atoms with E-state index in [1.807, 2.05) is 37.5 Å². The number of hydrogen-bond acceptors (Lipinski definition) is 4. The molecular weight excluding hydrogens is 212 g/mol. The Balaban J connectivity index is 2.12. The molecule has 1 aromatic carbocycles. The molecule has 0 unspecified atom stereocenters. The van der Waals surface area contributed by atoms with Gasteiger partial charge in [-0.05, 0) is 12.6 Å². The van der Waals surface area contributed by atoms with Crippen molar-refractivity contribution in [3.63, 3.8) is 0 Å². The quantitative estimate of drug-likeness (QED) is 0.793. The lowest BCUT2D eigenvalue weighted by Gasteiger charge is -2.17. The third-order valence-electron chi connectivity index (χ3n) is 2.69. The lowest BCUT2D eigenvalue weighted by atomic mass is 10.2. The summed E-state index contributed by atoms with van der Waals surface area (Å²) in [6, 6.07) is 8.04. The van der Waals surface area contributed by atoms with Crippen molar-refractivity contribution in [1.29, 1.82) is 0 Å². The number of nitrogens with zero attached hydrogens (tertiary/aromatic N) is 3. The average molecular weight is 230 g/mol. The molecule has 1 N–H and O–H groups in total. The Morgan fingerprint density at radius 1 is 1.29 bits per heavy atom. The Bertz CT molecular complexity index is 484. The fourth-order valence-electron chi connectivity index (χ4n) is 1.67. The van der Waals surface area contributed by atoms with Gasteiger partial charge < -0.3 is 10.2 Å².